The first-order chi connectivity index (χ1) is 34.8. The number of methoxy groups -OCH3 is 2. The average molecular weight is 1040 g/mol. The number of rotatable bonds is 20. The van der Waals surface area contributed by atoms with E-state index in [2.05, 4.69) is 53.8 Å². The van der Waals surface area contributed by atoms with Crippen molar-refractivity contribution in [2.24, 2.45) is 0 Å². The minimum absolute atomic E-state index is 0.00883. The molecule has 0 saturated carbocycles. The van der Waals surface area contributed by atoms with Gasteiger partial charge in [0, 0.05) is 24.6 Å². The summed E-state index contributed by atoms with van der Waals surface area (Å²) in [7, 11) is -4.06. The summed E-state index contributed by atoms with van der Waals surface area (Å²) in [5.74, 6) is 1.11. The number of nitrogens with zero attached hydrogens (tertiary/aromatic N) is 5. The number of nitrogens with one attached hydrogen (secondary N) is 2. The molecule has 73 heavy (non-hydrogen) atoms. The highest BCUT2D eigenvalue weighted by Crippen LogP contribution is 2.55. The van der Waals surface area contributed by atoms with Gasteiger partial charge in [0.1, 0.15) is 47.9 Å². The number of hydrogen-bond donors (Lipinski definition) is 3. The van der Waals surface area contributed by atoms with E-state index in [4.69, 9.17) is 47.4 Å². The summed E-state index contributed by atoms with van der Waals surface area (Å²) in [5.41, 5.74) is 5.59. The van der Waals surface area contributed by atoms with E-state index in [0.717, 1.165) is 16.7 Å². The van der Waals surface area contributed by atoms with Crippen LogP contribution in [-0.4, -0.2) is 95.8 Å². The van der Waals surface area contributed by atoms with Crippen molar-refractivity contribution in [1.29, 1.82) is 5.26 Å². The first kappa shape index (κ1) is 53.1. The van der Waals surface area contributed by atoms with Crippen LogP contribution in [0.2, 0.25) is 18.1 Å². The molecule has 21 nitrogen and oxygen atoms in total. The van der Waals surface area contributed by atoms with Gasteiger partial charge in [0.2, 0.25) is 5.95 Å². The summed E-state index contributed by atoms with van der Waals surface area (Å²) < 4.78 is 75.3. The summed E-state index contributed by atoms with van der Waals surface area (Å²) in [6.45, 7) is 11.0. The Morgan fingerprint density at radius 3 is 2.01 bits per heavy atom. The lowest BCUT2D eigenvalue weighted by Gasteiger charge is -2.39. The number of fused-ring (bicyclic) bond motifs is 1. The largest absolute Gasteiger partial charge is 0.497 e. The fourth-order valence-electron chi connectivity index (χ4n) is 8.70. The van der Waals surface area contributed by atoms with Gasteiger partial charge in [-0.1, -0.05) is 75.4 Å². The fraction of sp³-hybridized carbons (Fsp3) is 0.440. The van der Waals surface area contributed by atoms with Crippen molar-refractivity contribution in [3.05, 3.63) is 145 Å². The van der Waals surface area contributed by atoms with Crippen LogP contribution in [0, 0.1) is 18.3 Å². The zero-order valence-electron chi connectivity index (χ0n) is 41.9. The van der Waals surface area contributed by atoms with Gasteiger partial charge < -0.3 is 33.8 Å². The molecule has 1 unspecified atom stereocenters. The minimum Gasteiger partial charge on any atom is -0.497 e. The van der Waals surface area contributed by atoms with Gasteiger partial charge in [0.25, 0.3) is 11.1 Å². The summed E-state index contributed by atoms with van der Waals surface area (Å²) >= 11 is 0. The second kappa shape index (κ2) is 21.7. The number of aryl methyl sites for hydroxylation is 1. The number of phosphoric acid groups is 1. The standard InChI is InChI=1S/C50H61N8O13PSi/c1-31-27-57(48(61)56-45(31)59)41-26-38(71-73(7,8)49(2,3)4)40(69-41)29-67-72(62,66-24-12-23-51)70-37-25-42(58-30-53-43-44(58)54-47(52)55-46(43)60)68-39(37)28-65-50(32-13-10-9-11-14-32,33-15-19-35(63-5)20-16-33)34-17-21-36(64-6)22-18-34/h9-11,13-22,27,30,37-42H,12,24-26,28-29H2,1-8H3,(H,56,59,61)(H3,52,54,55,60)/t37-,38-,39+,40+,41+,42+,72?/m0/s1. The zero-order chi connectivity index (χ0) is 52.3. The van der Waals surface area contributed by atoms with Gasteiger partial charge in [-0.2, -0.15) is 10.2 Å². The zero-order valence-corrected chi connectivity index (χ0v) is 43.8. The minimum atomic E-state index is -4.71. The van der Waals surface area contributed by atoms with E-state index in [1.807, 2.05) is 84.9 Å². The molecule has 4 N–H and O–H groups in total. The van der Waals surface area contributed by atoms with E-state index in [1.54, 1.807) is 21.1 Å². The number of phosphoric ester groups is 1. The Morgan fingerprint density at radius 2 is 1.41 bits per heavy atom. The van der Waals surface area contributed by atoms with E-state index in [9.17, 15) is 19.6 Å². The SMILES string of the molecule is COc1ccc(C(OC[C@H]2O[C@@H](n3cnc4c(=O)[nH]c(N)nc43)C[C@@H]2OP(=O)(OCCC#N)OC[C@H]2O[C@@H](n3cc(C)c(=O)[nH]c3=O)C[C@@H]2O[Si](C)(C)C(C)(C)C)(c2ccccc2)c2ccc(OC)cc2)cc1. The van der Waals surface area contributed by atoms with Gasteiger partial charge in [0.05, 0.1) is 59.0 Å². The molecule has 8 rings (SSSR count). The lowest BCUT2D eigenvalue weighted by Crippen LogP contribution is -2.46. The molecule has 23 heteroatoms. The van der Waals surface area contributed by atoms with Gasteiger partial charge in [0.15, 0.2) is 19.5 Å². The highest BCUT2D eigenvalue weighted by molar-refractivity contribution is 7.48. The van der Waals surface area contributed by atoms with E-state index in [-0.39, 0.29) is 54.6 Å². The molecule has 7 atom stereocenters. The van der Waals surface area contributed by atoms with E-state index >= 15 is 4.57 Å². The molecule has 0 spiro atoms. The van der Waals surface area contributed by atoms with Crippen LogP contribution < -0.4 is 32.0 Å². The molecule has 2 fully saturated rings. The Kier molecular flexibility index (Phi) is 15.8. The number of aromatic nitrogens is 6. The molecule has 0 radical (unpaired) electrons. The third kappa shape index (κ3) is 11.3. The number of imidazole rings is 1. The van der Waals surface area contributed by atoms with Crippen molar-refractivity contribution in [1.82, 2.24) is 29.1 Å². The first-order valence-electron chi connectivity index (χ1n) is 23.7. The molecule has 5 heterocycles. The third-order valence-electron chi connectivity index (χ3n) is 13.6. The molecule has 0 amide bonds. The molecule has 3 aromatic carbocycles. The normalized spacial score (nSPS) is 21.2. The number of nitriles is 1. The van der Waals surface area contributed by atoms with Crippen LogP contribution in [0.3, 0.4) is 0 Å². The molecular formula is C50H61N8O13PSi. The molecule has 2 aliphatic rings. The number of nitrogen functional groups attached to an aromatic ring is 1. The van der Waals surface area contributed by atoms with Crippen molar-refractivity contribution in [2.75, 3.05) is 39.8 Å². The molecular weight excluding hydrogens is 980 g/mol. The van der Waals surface area contributed by atoms with Gasteiger partial charge in [-0.15, -0.1) is 0 Å². The molecule has 2 saturated heterocycles. The lowest BCUT2D eigenvalue weighted by atomic mass is 9.80. The van der Waals surface area contributed by atoms with Crippen LogP contribution in [-0.2, 0) is 42.4 Å². The molecule has 3 aromatic heterocycles. The Bertz CT molecular complexity index is 3100. The van der Waals surface area contributed by atoms with Crippen LogP contribution in [0.1, 0.15) is 74.7 Å². The second-order valence-electron chi connectivity index (χ2n) is 19.3. The second-order valence-corrected chi connectivity index (χ2v) is 25.7. The Hall–Kier alpha value is -6.25. The van der Waals surface area contributed by atoms with Crippen molar-refractivity contribution in [3.8, 4) is 17.6 Å². The Balaban J connectivity index is 1.17. The van der Waals surface area contributed by atoms with Crippen molar-refractivity contribution in [2.45, 2.75) is 108 Å². The van der Waals surface area contributed by atoms with Crippen molar-refractivity contribution >= 4 is 33.3 Å². The van der Waals surface area contributed by atoms with E-state index in [1.165, 1.54) is 21.7 Å². The van der Waals surface area contributed by atoms with Crippen LogP contribution in [0.15, 0.2) is 106 Å². The lowest BCUT2D eigenvalue weighted by molar-refractivity contribution is -0.0947. The number of ether oxygens (including phenoxy) is 5. The Labute approximate surface area is 422 Å². The third-order valence-corrected chi connectivity index (χ3v) is 19.6. The Morgan fingerprint density at radius 1 is 0.822 bits per heavy atom. The van der Waals surface area contributed by atoms with Crippen molar-refractivity contribution < 1.29 is 46.2 Å². The number of H-pyrrole nitrogens is 2. The monoisotopic (exact) mass is 1040 g/mol. The van der Waals surface area contributed by atoms with Crippen LogP contribution in [0.4, 0.5) is 5.95 Å². The smallest absolute Gasteiger partial charge is 0.475 e. The molecule has 0 aliphatic carbocycles. The number of hydrogen-bond acceptors (Lipinski definition) is 17. The van der Waals surface area contributed by atoms with E-state index < -0.39 is 82.0 Å². The highest BCUT2D eigenvalue weighted by Gasteiger charge is 2.49. The fourth-order valence-corrected chi connectivity index (χ4v) is 11.5. The van der Waals surface area contributed by atoms with Crippen LogP contribution >= 0.6 is 7.82 Å². The summed E-state index contributed by atoms with van der Waals surface area (Å²) in [6.07, 6.45) is -2.78. The summed E-state index contributed by atoms with van der Waals surface area (Å²) in [6, 6.07) is 26.6. The van der Waals surface area contributed by atoms with Crippen LogP contribution in [0.5, 0.6) is 11.5 Å². The van der Waals surface area contributed by atoms with Crippen LogP contribution in [0.25, 0.3) is 11.2 Å². The predicted octanol–water partition coefficient (Wildman–Crippen LogP) is 6.99. The predicted molar refractivity (Wildman–Crippen MR) is 271 cm³/mol. The maximum atomic E-state index is 15.3. The molecule has 2 aliphatic heterocycles. The van der Waals surface area contributed by atoms with Gasteiger partial charge >= 0.3 is 13.5 Å². The summed E-state index contributed by atoms with van der Waals surface area (Å²) in [5, 5.41) is 9.34. The topological polar surface area (TPSA) is 268 Å². The van der Waals surface area contributed by atoms with Gasteiger partial charge in [-0.25, -0.2) is 14.3 Å². The quantitative estimate of drug-likeness (QED) is 0.0301. The molecule has 388 valence electrons. The highest BCUT2D eigenvalue weighted by atomic mass is 31.2. The van der Waals surface area contributed by atoms with Gasteiger partial charge in [-0.05, 0) is 66.0 Å². The number of benzene rings is 3. The maximum Gasteiger partial charge on any atom is 0.475 e. The number of anilines is 1. The molecule has 6 aromatic rings. The number of nitrogens with two attached hydrogens (primary N) is 1. The number of aromatic amines is 2. The summed E-state index contributed by atoms with van der Waals surface area (Å²) in [4.78, 5) is 51.9. The average Bonchev–Trinajstić information content (AvgIpc) is 4.09. The first-order valence-corrected chi connectivity index (χ1v) is 28.1. The van der Waals surface area contributed by atoms with Gasteiger partial charge in [-0.3, -0.25) is 42.3 Å². The maximum absolute atomic E-state index is 15.3. The van der Waals surface area contributed by atoms with Crippen molar-refractivity contribution in [3.63, 3.8) is 0 Å². The molecule has 0 bridgehead atoms. The van der Waals surface area contributed by atoms with E-state index in [0.29, 0.717) is 17.1 Å².